The largest absolute Gasteiger partial charge is 0.355 e. The molecule has 1 saturated heterocycles. The van der Waals surface area contributed by atoms with E-state index in [9.17, 15) is 14.0 Å². The molecule has 0 bridgehead atoms. The molecule has 7 heteroatoms. The highest BCUT2D eigenvalue weighted by Gasteiger charge is 2.26. The molecule has 1 aliphatic heterocycles. The number of piperidine rings is 1. The van der Waals surface area contributed by atoms with Crippen molar-refractivity contribution in [1.29, 1.82) is 0 Å². The van der Waals surface area contributed by atoms with E-state index in [1.165, 1.54) is 35.0 Å². The summed E-state index contributed by atoms with van der Waals surface area (Å²) in [6.07, 6.45) is 1.40. The second-order valence-electron chi connectivity index (χ2n) is 8.04. The van der Waals surface area contributed by atoms with Gasteiger partial charge < -0.3 is 10.2 Å². The highest BCUT2D eigenvalue weighted by Crippen LogP contribution is 2.23. The van der Waals surface area contributed by atoms with Gasteiger partial charge in [0.25, 0.3) is 5.56 Å². The Hall–Kier alpha value is -3.48. The minimum Gasteiger partial charge on any atom is -0.355 e. The van der Waals surface area contributed by atoms with Gasteiger partial charge in [0.05, 0.1) is 5.69 Å². The second-order valence-corrected chi connectivity index (χ2v) is 8.04. The molecule has 0 spiro atoms. The average Bonchev–Trinajstić information content (AvgIpc) is 2.74. The van der Waals surface area contributed by atoms with Gasteiger partial charge in [0.15, 0.2) is 0 Å². The molecule has 0 radical (unpaired) electrons. The minimum atomic E-state index is -0.367. The van der Waals surface area contributed by atoms with Crippen LogP contribution in [-0.2, 0) is 4.79 Å². The number of amides is 1. The fourth-order valence-corrected chi connectivity index (χ4v) is 4.00. The molecule has 0 unspecified atom stereocenters. The molecular weight excluding hydrogens is 395 g/mol. The van der Waals surface area contributed by atoms with Crippen LogP contribution in [0.15, 0.2) is 59.4 Å². The first-order valence-electron chi connectivity index (χ1n) is 10.4. The molecule has 0 aliphatic carbocycles. The lowest BCUT2D eigenvalue weighted by molar-refractivity contribution is -0.120. The quantitative estimate of drug-likeness (QED) is 0.696. The Balaban J connectivity index is 1.42. The summed E-state index contributed by atoms with van der Waals surface area (Å²) in [5.74, 6) is 0.264. The molecule has 1 amide bonds. The van der Waals surface area contributed by atoms with Crippen molar-refractivity contribution < 1.29 is 9.18 Å². The van der Waals surface area contributed by atoms with Crippen molar-refractivity contribution in [3.63, 3.8) is 0 Å². The van der Waals surface area contributed by atoms with Crippen LogP contribution < -0.4 is 15.8 Å². The molecule has 1 aliphatic rings. The van der Waals surface area contributed by atoms with Crippen molar-refractivity contribution >= 4 is 17.4 Å². The van der Waals surface area contributed by atoms with Gasteiger partial charge in [-0.2, -0.15) is 4.68 Å². The highest BCUT2D eigenvalue weighted by molar-refractivity contribution is 5.92. The van der Waals surface area contributed by atoms with Gasteiger partial charge in [-0.1, -0.05) is 6.07 Å². The monoisotopic (exact) mass is 420 g/mol. The van der Waals surface area contributed by atoms with E-state index in [2.05, 4.69) is 21.4 Å². The van der Waals surface area contributed by atoms with Gasteiger partial charge in [-0.3, -0.25) is 9.59 Å². The van der Waals surface area contributed by atoms with Gasteiger partial charge in [-0.25, -0.2) is 4.39 Å². The number of halogens is 1. The van der Waals surface area contributed by atoms with Crippen LogP contribution in [0.1, 0.15) is 24.0 Å². The molecule has 31 heavy (non-hydrogen) atoms. The number of carbonyl (C=O) groups excluding carboxylic acids is 1. The van der Waals surface area contributed by atoms with Gasteiger partial charge in [0, 0.05) is 30.8 Å². The fraction of sp³-hybridized carbons (Fsp3) is 0.292. The normalized spacial score (nSPS) is 14.5. The van der Waals surface area contributed by atoms with Gasteiger partial charge in [0.1, 0.15) is 11.6 Å². The average molecular weight is 420 g/mol. The van der Waals surface area contributed by atoms with E-state index in [4.69, 9.17) is 0 Å². The number of carbonyl (C=O) groups is 1. The molecule has 2 heterocycles. The Morgan fingerprint density at radius 2 is 1.65 bits per heavy atom. The number of hydrogen-bond acceptors (Lipinski definition) is 4. The number of anilines is 2. The van der Waals surface area contributed by atoms with E-state index in [1.807, 2.05) is 26.0 Å². The summed E-state index contributed by atoms with van der Waals surface area (Å²) in [6, 6.07) is 14.8. The Kier molecular flexibility index (Phi) is 5.84. The topological polar surface area (TPSA) is 67.2 Å². The number of nitrogens with zero attached hydrogens (tertiary/aromatic N) is 3. The van der Waals surface area contributed by atoms with Gasteiger partial charge in [-0.15, -0.1) is 5.10 Å². The zero-order valence-electron chi connectivity index (χ0n) is 17.6. The van der Waals surface area contributed by atoms with Gasteiger partial charge in [-0.05, 0) is 80.3 Å². The number of hydrogen-bond donors (Lipinski definition) is 1. The minimum absolute atomic E-state index is 0.0360. The first kappa shape index (κ1) is 20.8. The van der Waals surface area contributed by atoms with E-state index in [0.717, 1.165) is 16.8 Å². The van der Waals surface area contributed by atoms with Crippen molar-refractivity contribution in [2.24, 2.45) is 5.92 Å². The lowest BCUT2D eigenvalue weighted by Gasteiger charge is -2.32. The highest BCUT2D eigenvalue weighted by atomic mass is 19.1. The molecule has 160 valence electrons. The molecule has 4 rings (SSSR count). The molecule has 0 atom stereocenters. The zero-order chi connectivity index (χ0) is 22.0. The van der Waals surface area contributed by atoms with E-state index in [1.54, 1.807) is 6.07 Å². The summed E-state index contributed by atoms with van der Waals surface area (Å²) < 4.78 is 14.5. The van der Waals surface area contributed by atoms with E-state index in [0.29, 0.717) is 37.4 Å². The van der Waals surface area contributed by atoms with Crippen LogP contribution in [0.4, 0.5) is 15.9 Å². The molecule has 3 aromatic rings. The fourth-order valence-electron chi connectivity index (χ4n) is 4.00. The van der Waals surface area contributed by atoms with Crippen molar-refractivity contribution in [1.82, 2.24) is 9.78 Å². The first-order valence-corrected chi connectivity index (χ1v) is 10.4. The summed E-state index contributed by atoms with van der Waals surface area (Å²) in [6.45, 7) is 5.36. The number of aryl methyl sites for hydroxylation is 2. The third-order valence-corrected chi connectivity index (χ3v) is 5.54. The number of aromatic nitrogens is 2. The number of nitrogens with one attached hydrogen (secondary N) is 1. The third-order valence-electron chi connectivity index (χ3n) is 5.54. The molecule has 1 aromatic heterocycles. The SMILES string of the molecule is Cc1cc(C)cc(NC(=O)C2CCN(c3ccc(=O)n(-c4ccc(F)cc4)n3)CC2)c1. The summed E-state index contributed by atoms with van der Waals surface area (Å²) in [4.78, 5) is 27.0. The maximum absolute atomic E-state index is 13.2. The van der Waals surface area contributed by atoms with Gasteiger partial charge in [0.2, 0.25) is 5.91 Å². The Labute approximate surface area is 180 Å². The third kappa shape index (κ3) is 4.82. The van der Waals surface area contributed by atoms with Crippen LogP contribution in [0.25, 0.3) is 5.69 Å². The second kappa shape index (κ2) is 8.71. The Morgan fingerprint density at radius 3 is 2.29 bits per heavy atom. The first-order chi connectivity index (χ1) is 14.9. The maximum atomic E-state index is 13.2. The zero-order valence-corrected chi connectivity index (χ0v) is 17.6. The predicted molar refractivity (Wildman–Crippen MR) is 119 cm³/mol. The number of benzene rings is 2. The van der Waals surface area contributed by atoms with Crippen LogP contribution in [0.2, 0.25) is 0 Å². The summed E-state index contributed by atoms with van der Waals surface area (Å²) >= 11 is 0. The molecule has 2 aromatic carbocycles. The molecule has 1 fully saturated rings. The Morgan fingerprint density at radius 1 is 1.00 bits per heavy atom. The van der Waals surface area contributed by atoms with E-state index < -0.39 is 0 Å². The van der Waals surface area contributed by atoms with Crippen molar-refractivity contribution in [2.75, 3.05) is 23.3 Å². The van der Waals surface area contributed by atoms with Crippen LogP contribution in [-0.4, -0.2) is 28.8 Å². The van der Waals surface area contributed by atoms with Crippen molar-refractivity contribution in [3.8, 4) is 5.69 Å². The standard InChI is InChI=1S/C24H25FN4O2/c1-16-13-17(2)15-20(14-16)26-24(31)18-9-11-28(12-10-18)22-7-8-23(30)29(27-22)21-5-3-19(25)4-6-21/h3-8,13-15,18H,9-12H2,1-2H3,(H,26,31). The molecule has 6 nitrogen and oxygen atoms in total. The molecular formula is C24H25FN4O2. The van der Waals surface area contributed by atoms with Crippen LogP contribution in [0.3, 0.4) is 0 Å². The van der Waals surface area contributed by atoms with E-state index in [-0.39, 0.29) is 23.2 Å². The smallest absolute Gasteiger partial charge is 0.271 e. The van der Waals surface area contributed by atoms with Crippen molar-refractivity contribution in [2.45, 2.75) is 26.7 Å². The molecule has 0 saturated carbocycles. The van der Waals surface area contributed by atoms with Crippen LogP contribution in [0, 0.1) is 25.6 Å². The lowest BCUT2D eigenvalue weighted by atomic mass is 9.95. The van der Waals surface area contributed by atoms with Crippen LogP contribution in [0.5, 0.6) is 0 Å². The van der Waals surface area contributed by atoms with Crippen molar-refractivity contribution in [3.05, 3.63) is 81.9 Å². The lowest BCUT2D eigenvalue weighted by Crippen LogP contribution is -2.39. The van der Waals surface area contributed by atoms with E-state index >= 15 is 0 Å². The maximum Gasteiger partial charge on any atom is 0.271 e. The predicted octanol–water partition coefficient (Wildman–Crippen LogP) is 3.84. The summed E-state index contributed by atoms with van der Waals surface area (Å²) in [5.41, 5.74) is 3.30. The Bertz CT molecular complexity index is 1130. The summed E-state index contributed by atoms with van der Waals surface area (Å²) in [5, 5.41) is 7.50. The van der Waals surface area contributed by atoms with Crippen LogP contribution >= 0.6 is 0 Å². The van der Waals surface area contributed by atoms with Gasteiger partial charge >= 0.3 is 0 Å². The molecule has 1 N–H and O–H groups in total. The summed E-state index contributed by atoms with van der Waals surface area (Å²) in [7, 11) is 0. The number of rotatable bonds is 4.